The first-order valence-electron chi connectivity index (χ1n) is 38.7. The average Bonchev–Trinajstić information content (AvgIpc) is 1.30. The first kappa shape index (κ1) is 93.8. The van der Waals surface area contributed by atoms with E-state index in [-0.39, 0.29) is 26.1 Å². The molecule has 0 aliphatic rings. The van der Waals surface area contributed by atoms with Gasteiger partial charge >= 0.3 is 11.9 Å². The highest BCUT2D eigenvalue weighted by Crippen LogP contribution is 2.38. The van der Waals surface area contributed by atoms with Gasteiger partial charge in [0.05, 0.1) is 27.7 Å². The molecule has 0 aromatic heterocycles. The van der Waals surface area contributed by atoms with Gasteiger partial charge in [-0.25, -0.2) is 0 Å². The molecule has 0 bridgehead atoms. The first-order valence-corrected chi connectivity index (χ1v) is 40.2. The summed E-state index contributed by atoms with van der Waals surface area (Å²) in [4.78, 5) is 38.2. The number of allylic oxidation sites excluding steroid dienone is 40. The molecular weight excluding hydrogens is 1250 g/mol. The molecule has 0 radical (unpaired) electrons. The summed E-state index contributed by atoms with van der Waals surface area (Å²) in [5.41, 5.74) is 0. The van der Waals surface area contributed by atoms with Crippen LogP contribution in [0.1, 0.15) is 258 Å². The quantitative estimate of drug-likeness (QED) is 0.0195. The van der Waals surface area contributed by atoms with Gasteiger partial charge in [-0.1, -0.05) is 321 Å². The van der Waals surface area contributed by atoms with Crippen LogP contribution < -0.4 is 4.89 Å². The maximum absolute atomic E-state index is 12.9. The molecule has 0 aromatic carbocycles. The fraction of sp³-hybridized carbons (Fsp3) is 0.533. The van der Waals surface area contributed by atoms with E-state index in [0.717, 1.165) is 186 Å². The number of hydrogen-bond acceptors (Lipinski definition) is 8. The second-order valence-corrected chi connectivity index (χ2v) is 27.3. The van der Waals surface area contributed by atoms with Gasteiger partial charge in [0.25, 0.3) is 7.82 Å². The molecule has 0 saturated carbocycles. The summed E-state index contributed by atoms with van der Waals surface area (Å²) in [6.45, 7) is 3.96. The summed E-state index contributed by atoms with van der Waals surface area (Å²) in [6.07, 6.45) is 125. The molecule has 0 spiro atoms. The van der Waals surface area contributed by atoms with Gasteiger partial charge in [-0.15, -0.1) is 0 Å². The van der Waals surface area contributed by atoms with Crippen molar-refractivity contribution in [3.63, 3.8) is 0 Å². The molecule has 9 nitrogen and oxygen atoms in total. The summed E-state index contributed by atoms with van der Waals surface area (Å²) in [5, 5.41) is 0. The Bertz CT molecular complexity index is 2600. The van der Waals surface area contributed by atoms with E-state index in [4.69, 9.17) is 18.5 Å². The Kier molecular flexibility index (Phi) is 72.2. The molecule has 0 amide bonds. The van der Waals surface area contributed by atoms with E-state index in [1.54, 1.807) is 0 Å². The Hall–Kier alpha value is -6.19. The number of phosphoric acid groups is 1. The molecule has 100 heavy (non-hydrogen) atoms. The van der Waals surface area contributed by atoms with Gasteiger partial charge in [-0.05, 0) is 167 Å². The number of likely N-dealkylation sites (N-methyl/N-ethyl adjacent to an activating group) is 1. The fourth-order valence-electron chi connectivity index (χ4n) is 9.54. The highest BCUT2D eigenvalue weighted by atomic mass is 31.2. The second-order valence-electron chi connectivity index (χ2n) is 25.9. The number of nitrogens with zero attached hydrogens (tertiary/aromatic N) is 1. The zero-order valence-corrected chi connectivity index (χ0v) is 64.4. The summed E-state index contributed by atoms with van der Waals surface area (Å²) in [6, 6.07) is 0. The Labute approximate surface area is 613 Å². The standard InChI is InChI=1S/C90H140NO8P/c1-6-8-10-12-14-16-18-20-22-24-26-28-30-32-34-36-38-40-42-43-44-45-46-47-49-51-53-55-57-59-61-63-65-67-69-71-73-75-77-79-81-83-90(93)99-88(87-98-100(94,95)97-85-84-91(3,4)5)86-96-89(92)82-80-78-76-74-72-70-68-66-64-62-60-58-56-54-52-50-48-41-39-37-35-33-31-29-27-25-23-21-19-17-15-13-11-9-7-2/h8-11,14-17,20-23,26-29,32-35,38-41,43-44,46-47,50-53,56-59,62-65,88H,6-7,12-13,18-19,24-25,30-31,36-37,42,45,48-49,54-55,60-61,66-87H2,1-5H3/b10-8-,11-9-,16-14-,17-15-,22-20-,23-21-,28-26-,29-27-,34-32-,35-33-,40-38-,41-39-,44-43-,47-46-,52-50-,53-51-,58-56-,59-57-,64-62-,65-63-. The van der Waals surface area contributed by atoms with E-state index in [0.29, 0.717) is 23.9 Å². The van der Waals surface area contributed by atoms with Gasteiger partial charge in [0.2, 0.25) is 0 Å². The molecule has 10 heteroatoms. The summed E-state index contributed by atoms with van der Waals surface area (Å²) >= 11 is 0. The first-order chi connectivity index (χ1) is 49.0. The van der Waals surface area contributed by atoms with Crippen LogP contribution in [0.4, 0.5) is 0 Å². The molecular formula is C90H140NO8P. The zero-order chi connectivity index (χ0) is 72.5. The van der Waals surface area contributed by atoms with Crippen LogP contribution in [0.3, 0.4) is 0 Å². The summed E-state index contributed by atoms with van der Waals surface area (Å²) < 4.78 is 34.3. The van der Waals surface area contributed by atoms with Crippen molar-refractivity contribution in [2.45, 2.75) is 264 Å². The van der Waals surface area contributed by atoms with E-state index in [1.807, 2.05) is 21.1 Å². The average molecular weight is 1400 g/mol. The van der Waals surface area contributed by atoms with Crippen molar-refractivity contribution >= 4 is 19.8 Å². The lowest BCUT2D eigenvalue weighted by atomic mass is 10.1. The van der Waals surface area contributed by atoms with Crippen molar-refractivity contribution in [1.29, 1.82) is 0 Å². The minimum atomic E-state index is -4.67. The van der Waals surface area contributed by atoms with Crippen molar-refractivity contribution < 1.29 is 42.1 Å². The minimum Gasteiger partial charge on any atom is -0.756 e. The number of phosphoric ester groups is 1. The number of ether oxygens (including phenoxy) is 2. The van der Waals surface area contributed by atoms with Gasteiger partial charge in [0.15, 0.2) is 6.10 Å². The highest BCUT2D eigenvalue weighted by Gasteiger charge is 2.22. The number of esters is 2. The van der Waals surface area contributed by atoms with E-state index >= 15 is 0 Å². The smallest absolute Gasteiger partial charge is 0.306 e. The van der Waals surface area contributed by atoms with E-state index in [2.05, 4.69) is 257 Å². The largest absolute Gasteiger partial charge is 0.756 e. The Morgan fingerprint density at radius 1 is 0.310 bits per heavy atom. The van der Waals surface area contributed by atoms with Gasteiger partial charge in [0.1, 0.15) is 19.8 Å². The van der Waals surface area contributed by atoms with Crippen LogP contribution in [0.2, 0.25) is 0 Å². The van der Waals surface area contributed by atoms with Crippen LogP contribution in [0, 0.1) is 0 Å². The third-order valence-electron chi connectivity index (χ3n) is 15.4. The van der Waals surface area contributed by atoms with Crippen molar-refractivity contribution in [1.82, 2.24) is 0 Å². The molecule has 558 valence electrons. The molecule has 0 aromatic rings. The van der Waals surface area contributed by atoms with Crippen LogP contribution in [0.15, 0.2) is 243 Å². The minimum absolute atomic E-state index is 0.0485. The lowest BCUT2D eigenvalue weighted by Gasteiger charge is -2.28. The van der Waals surface area contributed by atoms with Crippen molar-refractivity contribution in [3.05, 3.63) is 243 Å². The third-order valence-corrected chi connectivity index (χ3v) is 16.3. The van der Waals surface area contributed by atoms with Gasteiger partial charge in [0, 0.05) is 12.8 Å². The second kappa shape index (κ2) is 77.0. The molecule has 2 atom stereocenters. The number of rotatable bonds is 68. The molecule has 0 fully saturated rings. The molecule has 2 unspecified atom stereocenters. The number of unbranched alkanes of at least 4 members (excludes halogenated alkanes) is 14. The van der Waals surface area contributed by atoms with Gasteiger partial charge in [-0.3, -0.25) is 14.2 Å². The SMILES string of the molecule is CC/C=C\C/C=C\C/C=C\C/C=C\C/C=C\C/C=C\C/C=C\C/C=C\C/C=C\C/C=C\C/C=C\CCCCCCCCCC(=O)OC(COC(=O)CCCCCCCCC/C=C\C/C=C\C/C=C\C/C=C\C/C=C\C/C=C\C/C=C\C/C=C\C/C=C\CC)COP(=O)([O-])OCC[N+](C)(C)C. The number of carbonyl (C=O) groups is 2. The van der Waals surface area contributed by atoms with E-state index < -0.39 is 32.5 Å². The van der Waals surface area contributed by atoms with E-state index in [9.17, 15) is 19.0 Å². The van der Waals surface area contributed by atoms with Crippen LogP contribution in [-0.2, 0) is 32.7 Å². The molecule has 0 rings (SSSR count). The normalized spacial score (nSPS) is 14.4. The van der Waals surface area contributed by atoms with Gasteiger partial charge in [-0.2, -0.15) is 0 Å². The summed E-state index contributed by atoms with van der Waals surface area (Å²) in [7, 11) is 1.12. The fourth-order valence-corrected chi connectivity index (χ4v) is 10.3. The van der Waals surface area contributed by atoms with Crippen LogP contribution in [0.25, 0.3) is 0 Å². The molecule has 0 heterocycles. The highest BCUT2D eigenvalue weighted by molar-refractivity contribution is 7.45. The predicted octanol–water partition coefficient (Wildman–Crippen LogP) is 25.6. The van der Waals surface area contributed by atoms with Crippen LogP contribution in [-0.4, -0.2) is 70.0 Å². The molecule has 0 saturated heterocycles. The monoisotopic (exact) mass is 1390 g/mol. The van der Waals surface area contributed by atoms with Crippen molar-refractivity contribution in [3.8, 4) is 0 Å². The maximum Gasteiger partial charge on any atom is 0.306 e. The Morgan fingerprint density at radius 2 is 0.540 bits per heavy atom. The molecule has 0 aliphatic heterocycles. The number of hydrogen-bond donors (Lipinski definition) is 0. The predicted molar refractivity (Wildman–Crippen MR) is 433 cm³/mol. The third kappa shape index (κ3) is 80.8. The Morgan fingerprint density at radius 3 is 0.800 bits per heavy atom. The lowest BCUT2D eigenvalue weighted by Crippen LogP contribution is -2.37. The van der Waals surface area contributed by atoms with Gasteiger partial charge < -0.3 is 27.9 Å². The lowest BCUT2D eigenvalue weighted by molar-refractivity contribution is -0.870. The number of quaternary nitrogens is 1. The summed E-state index contributed by atoms with van der Waals surface area (Å²) in [5.74, 6) is -0.877. The zero-order valence-electron chi connectivity index (χ0n) is 63.5. The molecule has 0 N–H and O–H groups in total. The maximum atomic E-state index is 12.9. The Balaban J connectivity index is 4.17. The van der Waals surface area contributed by atoms with Crippen LogP contribution in [0.5, 0.6) is 0 Å². The van der Waals surface area contributed by atoms with Crippen molar-refractivity contribution in [2.75, 3.05) is 47.5 Å². The number of carbonyl (C=O) groups excluding carboxylic acids is 2. The van der Waals surface area contributed by atoms with E-state index in [1.165, 1.54) is 32.1 Å². The molecule has 0 aliphatic carbocycles. The van der Waals surface area contributed by atoms with Crippen molar-refractivity contribution in [2.24, 2.45) is 0 Å². The van der Waals surface area contributed by atoms with Crippen LogP contribution >= 0.6 is 7.82 Å². The topological polar surface area (TPSA) is 111 Å².